The fourth-order valence-corrected chi connectivity index (χ4v) is 1.77. The van der Waals surface area contributed by atoms with Crippen molar-refractivity contribution in [3.63, 3.8) is 0 Å². The number of nitrogens with zero attached hydrogens (tertiary/aromatic N) is 2. The van der Waals surface area contributed by atoms with Crippen LogP contribution in [0.2, 0.25) is 0 Å². The fourth-order valence-electron chi connectivity index (χ4n) is 1.77. The van der Waals surface area contributed by atoms with Gasteiger partial charge in [0.2, 0.25) is 0 Å². The molecule has 0 saturated heterocycles. The van der Waals surface area contributed by atoms with Crippen LogP contribution in [0, 0.1) is 0 Å². The number of oxime groups is 1. The Morgan fingerprint density at radius 2 is 1.72 bits per heavy atom. The minimum absolute atomic E-state index is 0.553. The molecule has 0 aliphatic carbocycles. The summed E-state index contributed by atoms with van der Waals surface area (Å²) in [5.74, 6) is 1.74. The predicted molar refractivity (Wildman–Crippen MR) is 66.4 cm³/mol. The van der Waals surface area contributed by atoms with Gasteiger partial charge in [-0.25, -0.2) is 0 Å². The molecule has 2 aromatic rings. The van der Waals surface area contributed by atoms with Gasteiger partial charge in [0.05, 0.1) is 31.3 Å². The Morgan fingerprint density at radius 3 is 2.11 bits per heavy atom. The Morgan fingerprint density at radius 1 is 1.17 bits per heavy atom. The molecule has 2 heterocycles. The van der Waals surface area contributed by atoms with Crippen molar-refractivity contribution in [3.8, 4) is 0 Å². The molecule has 2 aromatic heterocycles. The molecule has 0 aliphatic heterocycles. The van der Waals surface area contributed by atoms with Crippen LogP contribution in [0.4, 0.5) is 0 Å². The molecule has 0 radical (unpaired) electrons. The van der Waals surface area contributed by atoms with Crippen LogP contribution in [-0.4, -0.2) is 22.4 Å². The standard InChI is InChI=1S/C13H16N2O3/c1-11(14-16)8-15(9-12-4-2-6-17-12)10-13-5-3-7-18-13/h2-7,16H,8-10H2,1H3/b14-11+. The van der Waals surface area contributed by atoms with Crippen LogP contribution in [0.25, 0.3) is 0 Å². The third kappa shape index (κ3) is 3.49. The quantitative estimate of drug-likeness (QED) is 0.485. The predicted octanol–water partition coefficient (Wildman–Crippen LogP) is 2.72. The lowest BCUT2D eigenvalue weighted by molar-refractivity contribution is 0.241. The zero-order valence-electron chi connectivity index (χ0n) is 10.2. The molecule has 0 unspecified atom stereocenters. The van der Waals surface area contributed by atoms with Crippen molar-refractivity contribution in [2.75, 3.05) is 6.54 Å². The molecular weight excluding hydrogens is 232 g/mol. The Kier molecular flexibility index (Phi) is 4.20. The van der Waals surface area contributed by atoms with Crippen LogP contribution in [-0.2, 0) is 13.1 Å². The lowest BCUT2D eigenvalue weighted by Gasteiger charge is -2.19. The topological polar surface area (TPSA) is 62.1 Å². The maximum absolute atomic E-state index is 8.75. The summed E-state index contributed by atoms with van der Waals surface area (Å²) in [7, 11) is 0. The van der Waals surface area contributed by atoms with E-state index in [4.69, 9.17) is 14.0 Å². The summed E-state index contributed by atoms with van der Waals surface area (Å²) in [5.41, 5.74) is 0.646. The van der Waals surface area contributed by atoms with Crippen molar-refractivity contribution in [2.45, 2.75) is 20.0 Å². The highest BCUT2D eigenvalue weighted by molar-refractivity contribution is 5.83. The molecule has 96 valence electrons. The van der Waals surface area contributed by atoms with Crippen molar-refractivity contribution < 1.29 is 14.0 Å². The van der Waals surface area contributed by atoms with E-state index in [1.54, 1.807) is 19.5 Å². The van der Waals surface area contributed by atoms with E-state index in [0.717, 1.165) is 11.5 Å². The van der Waals surface area contributed by atoms with Crippen LogP contribution in [0.5, 0.6) is 0 Å². The Balaban J connectivity index is 2.02. The summed E-state index contributed by atoms with van der Waals surface area (Å²) < 4.78 is 10.6. The van der Waals surface area contributed by atoms with Gasteiger partial charge < -0.3 is 14.0 Å². The van der Waals surface area contributed by atoms with E-state index in [9.17, 15) is 0 Å². The van der Waals surface area contributed by atoms with Crippen molar-refractivity contribution >= 4 is 5.71 Å². The van der Waals surface area contributed by atoms with Crippen LogP contribution < -0.4 is 0 Å². The van der Waals surface area contributed by atoms with E-state index in [2.05, 4.69) is 10.1 Å². The Bertz CT molecular complexity index is 438. The molecule has 0 saturated carbocycles. The molecule has 0 aromatic carbocycles. The lowest BCUT2D eigenvalue weighted by Crippen LogP contribution is -2.27. The molecular formula is C13H16N2O3. The average molecular weight is 248 g/mol. The van der Waals surface area contributed by atoms with Gasteiger partial charge in [0.25, 0.3) is 0 Å². The fraction of sp³-hybridized carbons (Fsp3) is 0.308. The second-order valence-electron chi connectivity index (χ2n) is 4.14. The van der Waals surface area contributed by atoms with Gasteiger partial charge in [-0.15, -0.1) is 0 Å². The van der Waals surface area contributed by atoms with Gasteiger partial charge in [0.15, 0.2) is 0 Å². The third-order valence-corrected chi connectivity index (χ3v) is 2.54. The first-order valence-corrected chi connectivity index (χ1v) is 5.72. The maximum Gasteiger partial charge on any atom is 0.117 e. The summed E-state index contributed by atoms with van der Waals surface area (Å²) in [6, 6.07) is 7.54. The highest BCUT2D eigenvalue weighted by Gasteiger charge is 2.11. The highest BCUT2D eigenvalue weighted by atomic mass is 16.4. The van der Waals surface area contributed by atoms with Gasteiger partial charge >= 0.3 is 0 Å². The maximum atomic E-state index is 8.75. The van der Waals surface area contributed by atoms with Crippen LogP contribution >= 0.6 is 0 Å². The number of hydrogen-bond acceptors (Lipinski definition) is 5. The van der Waals surface area contributed by atoms with Gasteiger partial charge in [-0.2, -0.15) is 0 Å². The van der Waals surface area contributed by atoms with Crippen molar-refractivity contribution in [3.05, 3.63) is 48.3 Å². The van der Waals surface area contributed by atoms with Gasteiger partial charge in [0, 0.05) is 6.54 Å². The molecule has 0 bridgehead atoms. The summed E-state index contributed by atoms with van der Waals surface area (Å²) in [5, 5.41) is 12.0. The minimum Gasteiger partial charge on any atom is -0.468 e. The monoisotopic (exact) mass is 248 g/mol. The van der Waals surface area contributed by atoms with E-state index in [1.165, 1.54) is 0 Å². The first-order chi connectivity index (χ1) is 8.78. The molecule has 2 rings (SSSR count). The SMILES string of the molecule is C/C(CN(Cc1ccco1)Cc1ccco1)=N\O. The molecule has 0 aliphatic rings. The summed E-state index contributed by atoms with van der Waals surface area (Å²) in [6.07, 6.45) is 3.29. The van der Waals surface area contributed by atoms with Crippen LogP contribution in [0.15, 0.2) is 50.8 Å². The van der Waals surface area contributed by atoms with Gasteiger partial charge in [0.1, 0.15) is 11.5 Å². The second kappa shape index (κ2) is 6.07. The van der Waals surface area contributed by atoms with Crippen LogP contribution in [0.1, 0.15) is 18.4 Å². The summed E-state index contributed by atoms with van der Waals surface area (Å²) >= 11 is 0. The normalized spacial score (nSPS) is 12.2. The van der Waals surface area contributed by atoms with Crippen molar-refractivity contribution in [1.82, 2.24) is 4.90 Å². The Hall–Kier alpha value is -2.01. The van der Waals surface area contributed by atoms with Gasteiger partial charge in [-0.1, -0.05) is 5.16 Å². The second-order valence-corrected chi connectivity index (χ2v) is 4.14. The van der Waals surface area contributed by atoms with E-state index >= 15 is 0 Å². The zero-order valence-corrected chi connectivity index (χ0v) is 10.2. The first-order valence-electron chi connectivity index (χ1n) is 5.72. The van der Waals surface area contributed by atoms with E-state index in [-0.39, 0.29) is 0 Å². The van der Waals surface area contributed by atoms with Gasteiger partial charge in [-0.05, 0) is 31.2 Å². The molecule has 0 spiro atoms. The molecule has 5 nitrogen and oxygen atoms in total. The summed E-state index contributed by atoms with van der Waals surface area (Å²) in [6.45, 7) is 3.61. The molecule has 1 N–H and O–H groups in total. The molecule has 18 heavy (non-hydrogen) atoms. The number of rotatable bonds is 6. The molecule has 0 atom stereocenters. The highest BCUT2D eigenvalue weighted by Crippen LogP contribution is 2.11. The molecule has 0 fully saturated rings. The number of hydrogen-bond donors (Lipinski definition) is 1. The summed E-state index contributed by atoms with van der Waals surface area (Å²) in [4.78, 5) is 2.08. The minimum atomic E-state index is 0.553. The molecule has 5 heteroatoms. The number of furan rings is 2. The van der Waals surface area contributed by atoms with E-state index in [1.807, 2.05) is 24.3 Å². The largest absolute Gasteiger partial charge is 0.468 e. The van der Waals surface area contributed by atoms with Gasteiger partial charge in [-0.3, -0.25) is 4.90 Å². The van der Waals surface area contributed by atoms with Crippen molar-refractivity contribution in [2.24, 2.45) is 5.16 Å². The lowest BCUT2D eigenvalue weighted by atomic mass is 10.3. The smallest absolute Gasteiger partial charge is 0.117 e. The first kappa shape index (κ1) is 12.4. The third-order valence-electron chi connectivity index (χ3n) is 2.54. The Labute approximate surface area is 105 Å². The van der Waals surface area contributed by atoms with Crippen molar-refractivity contribution in [1.29, 1.82) is 0 Å². The van der Waals surface area contributed by atoms with E-state index < -0.39 is 0 Å². The zero-order chi connectivity index (χ0) is 12.8. The molecule has 0 amide bonds. The van der Waals surface area contributed by atoms with E-state index in [0.29, 0.717) is 25.3 Å². The van der Waals surface area contributed by atoms with Crippen LogP contribution in [0.3, 0.4) is 0 Å². The average Bonchev–Trinajstić information content (AvgIpc) is 3.02.